The van der Waals surface area contributed by atoms with E-state index in [1.54, 1.807) is 6.07 Å². The van der Waals surface area contributed by atoms with Gasteiger partial charge in [-0.3, -0.25) is 0 Å². The fourth-order valence-corrected chi connectivity index (χ4v) is 2.49. The SMILES string of the molecule is CN(c1ccccc1)c1nc(Cl)nc2c(Cl)cccc12. The Hall–Kier alpha value is -1.84. The summed E-state index contributed by atoms with van der Waals surface area (Å²) in [5.74, 6) is 0.730. The van der Waals surface area contributed by atoms with Gasteiger partial charge in [0, 0.05) is 18.1 Å². The Kier molecular flexibility index (Phi) is 3.47. The van der Waals surface area contributed by atoms with Crippen LogP contribution in [0.1, 0.15) is 0 Å². The van der Waals surface area contributed by atoms with Gasteiger partial charge in [-0.2, -0.15) is 4.98 Å². The fraction of sp³-hybridized carbons (Fsp3) is 0.0667. The lowest BCUT2D eigenvalue weighted by atomic mass is 10.2. The Morgan fingerprint density at radius 2 is 1.65 bits per heavy atom. The van der Waals surface area contributed by atoms with Crippen molar-refractivity contribution in [3.63, 3.8) is 0 Å². The van der Waals surface area contributed by atoms with Crippen LogP contribution < -0.4 is 4.90 Å². The molecule has 0 saturated carbocycles. The van der Waals surface area contributed by atoms with Crippen LogP contribution in [0, 0.1) is 0 Å². The summed E-state index contributed by atoms with van der Waals surface area (Å²) in [6.07, 6.45) is 0. The lowest BCUT2D eigenvalue weighted by Crippen LogP contribution is -2.12. The topological polar surface area (TPSA) is 29.0 Å². The largest absolute Gasteiger partial charge is 0.329 e. The number of hydrogen-bond donors (Lipinski definition) is 0. The van der Waals surface area contributed by atoms with Crippen molar-refractivity contribution in [3.05, 3.63) is 58.8 Å². The maximum atomic E-state index is 6.18. The number of para-hydroxylation sites is 2. The molecule has 0 spiro atoms. The van der Waals surface area contributed by atoms with Crippen molar-refractivity contribution in [2.75, 3.05) is 11.9 Å². The molecule has 0 aliphatic rings. The minimum Gasteiger partial charge on any atom is -0.329 e. The Labute approximate surface area is 126 Å². The third kappa shape index (κ3) is 2.30. The lowest BCUT2D eigenvalue weighted by Gasteiger charge is -2.20. The summed E-state index contributed by atoms with van der Waals surface area (Å²) in [5, 5.41) is 1.62. The quantitative estimate of drug-likeness (QED) is 0.642. The third-order valence-corrected chi connectivity index (χ3v) is 3.57. The van der Waals surface area contributed by atoms with E-state index in [1.807, 2.05) is 54.4 Å². The van der Waals surface area contributed by atoms with Gasteiger partial charge in [0.25, 0.3) is 0 Å². The predicted octanol–water partition coefficient (Wildman–Crippen LogP) is 4.70. The van der Waals surface area contributed by atoms with Gasteiger partial charge in [-0.05, 0) is 35.9 Å². The van der Waals surface area contributed by atoms with Gasteiger partial charge in [0.05, 0.1) is 10.5 Å². The van der Waals surface area contributed by atoms with Crippen LogP contribution >= 0.6 is 23.2 Å². The van der Waals surface area contributed by atoms with Crippen molar-refractivity contribution in [1.29, 1.82) is 0 Å². The molecule has 0 aliphatic heterocycles. The summed E-state index contributed by atoms with van der Waals surface area (Å²) in [6.45, 7) is 0. The molecule has 0 fully saturated rings. The molecule has 0 aliphatic carbocycles. The zero-order valence-electron chi connectivity index (χ0n) is 10.7. The molecule has 5 heteroatoms. The van der Waals surface area contributed by atoms with Gasteiger partial charge in [0.2, 0.25) is 5.28 Å². The number of benzene rings is 2. The highest BCUT2D eigenvalue weighted by molar-refractivity contribution is 6.36. The van der Waals surface area contributed by atoms with E-state index in [1.165, 1.54) is 0 Å². The van der Waals surface area contributed by atoms with Crippen LogP contribution in [0.3, 0.4) is 0 Å². The molecule has 0 N–H and O–H groups in total. The molecule has 0 unspecified atom stereocenters. The van der Waals surface area contributed by atoms with Gasteiger partial charge in [-0.1, -0.05) is 35.9 Å². The van der Waals surface area contributed by atoms with Crippen LogP contribution in [0.25, 0.3) is 10.9 Å². The van der Waals surface area contributed by atoms with Crippen LogP contribution in [0.4, 0.5) is 11.5 Å². The second-order valence-corrected chi connectivity index (χ2v) is 5.09. The van der Waals surface area contributed by atoms with Crippen LogP contribution in [-0.2, 0) is 0 Å². The summed E-state index contributed by atoms with van der Waals surface area (Å²) >= 11 is 12.2. The average molecular weight is 304 g/mol. The van der Waals surface area contributed by atoms with Gasteiger partial charge in [0.1, 0.15) is 5.82 Å². The first-order chi connectivity index (χ1) is 9.66. The number of rotatable bonds is 2. The Bertz CT molecular complexity index is 760. The van der Waals surface area contributed by atoms with E-state index in [0.717, 1.165) is 16.9 Å². The van der Waals surface area contributed by atoms with Gasteiger partial charge >= 0.3 is 0 Å². The zero-order chi connectivity index (χ0) is 14.1. The summed E-state index contributed by atoms with van der Waals surface area (Å²) in [6, 6.07) is 15.5. The molecule has 0 atom stereocenters. The van der Waals surface area contributed by atoms with Crippen LogP contribution in [0.5, 0.6) is 0 Å². The highest BCUT2D eigenvalue weighted by atomic mass is 35.5. The molecule has 3 nitrogen and oxygen atoms in total. The van der Waals surface area contributed by atoms with E-state index >= 15 is 0 Å². The first-order valence-electron chi connectivity index (χ1n) is 6.07. The second kappa shape index (κ2) is 5.27. The normalized spacial score (nSPS) is 10.8. The molecule has 0 radical (unpaired) electrons. The van der Waals surface area contributed by atoms with Crippen molar-refractivity contribution < 1.29 is 0 Å². The molecule has 0 saturated heterocycles. The minimum absolute atomic E-state index is 0.184. The summed E-state index contributed by atoms with van der Waals surface area (Å²) < 4.78 is 0. The van der Waals surface area contributed by atoms with E-state index in [-0.39, 0.29) is 5.28 Å². The number of fused-ring (bicyclic) bond motifs is 1. The Morgan fingerprint density at radius 3 is 2.40 bits per heavy atom. The molecular formula is C15H11Cl2N3. The molecule has 3 rings (SSSR count). The van der Waals surface area contributed by atoms with Crippen LogP contribution in [0.15, 0.2) is 48.5 Å². The van der Waals surface area contributed by atoms with Gasteiger partial charge in [-0.25, -0.2) is 4.98 Å². The van der Waals surface area contributed by atoms with E-state index in [4.69, 9.17) is 23.2 Å². The molecule has 3 aromatic rings. The zero-order valence-corrected chi connectivity index (χ0v) is 12.2. The monoisotopic (exact) mass is 303 g/mol. The lowest BCUT2D eigenvalue weighted by molar-refractivity contribution is 1.11. The molecule has 0 bridgehead atoms. The Morgan fingerprint density at radius 1 is 0.900 bits per heavy atom. The molecule has 2 aromatic carbocycles. The number of nitrogens with zero attached hydrogens (tertiary/aromatic N) is 3. The van der Waals surface area contributed by atoms with Crippen LogP contribution in [0.2, 0.25) is 10.3 Å². The number of anilines is 2. The highest BCUT2D eigenvalue weighted by Crippen LogP contribution is 2.32. The maximum absolute atomic E-state index is 6.18. The number of hydrogen-bond acceptors (Lipinski definition) is 3. The van der Waals surface area contributed by atoms with Crippen molar-refractivity contribution in [1.82, 2.24) is 9.97 Å². The predicted molar refractivity (Wildman–Crippen MR) is 84.1 cm³/mol. The van der Waals surface area contributed by atoms with E-state index in [2.05, 4.69) is 9.97 Å². The van der Waals surface area contributed by atoms with E-state index in [9.17, 15) is 0 Å². The fourth-order valence-electron chi connectivity index (χ4n) is 2.10. The summed E-state index contributed by atoms with van der Waals surface area (Å²) in [7, 11) is 1.94. The highest BCUT2D eigenvalue weighted by Gasteiger charge is 2.13. The van der Waals surface area contributed by atoms with Crippen molar-refractivity contribution >= 4 is 45.6 Å². The van der Waals surface area contributed by atoms with Gasteiger partial charge < -0.3 is 4.90 Å². The smallest absolute Gasteiger partial charge is 0.224 e. The number of aromatic nitrogens is 2. The molecule has 100 valence electrons. The van der Waals surface area contributed by atoms with Crippen molar-refractivity contribution in [3.8, 4) is 0 Å². The molecule has 0 amide bonds. The number of halogens is 2. The average Bonchev–Trinajstić information content (AvgIpc) is 2.48. The van der Waals surface area contributed by atoms with Crippen LogP contribution in [-0.4, -0.2) is 17.0 Å². The summed E-state index contributed by atoms with van der Waals surface area (Å²) in [5.41, 5.74) is 1.68. The Balaban J connectivity index is 2.23. The van der Waals surface area contributed by atoms with Gasteiger partial charge in [-0.15, -0.1) is 0 Å². The first-order valence-corrected chi connectivity index (χ1v) is 6.83. The standard InChI is InChI=1S/C15H11Cl2N3/c1-20(10-6-3-2-4-7-10)14-11-8-5-9-12(16)13(11)18-15(17)19-14/h2-9H,1H3. The molecular weight excluding hydrogens is 293 g/mol. The summed E-state index contributed by atoms with van der Waals surface area (Å²) in [4.78, 5) is 10.5. The van der Waals surface area contributed by atoms with E-state index < -0.39 is 0 Å². The molecule has 20 heavy (non-hydrogen) atoms. The van der Waals surface area contributed by atoms with Crippen molar-refractivity contribution in [2.24, 2.45) is 0 Å². The first kappa shape index (κ1) is 13.2. The molecule has 1 heterocycles. The minimum atomic E-state index is 0.184. The second-order valence-electron chi connectivity index (χ2n) is 4.35. The third-order valence-electron chi connectivity index (χ3n) is 3.09. The van der Waals surface area contributed by atoms with Crippen molar-refractivity contribution in [2.45, 2.75) is 0 Å². The molecule has 1 aromatic heterocycles. The van der Waals surface area contributed by atoms with E-state index in [0.29, 0.717) is 10.5 Å². The van der Waals surface area contributed by atoms with Gasteiger partial charge in [0.15, 0.2) is 0 Å². The maximum Gasteiger partial charge on any atom is 0.224 e.